The molecule has 4 aromatic rings. The third kappa shape index (κ3) is 5.81. The minimum absolute atomic E-state index is 0.0156. The van der Waals surface area contributed by atoms with E-state index in [0.717, 1.165) is 48.0 Å². The fourth-order valence-corrected chi connectivity index (χ4v) is 5.11. The highest BCUT2D eigenvalue weighted by Gasteiger charge is 2.32. The summed E-state index contributed by atoms with van der Waals surface area (Å²) in [6, 6.07) is 31.9. The number of piperidine rings is 1. The van der Waals surface area contributed by atoms with E-state index in [4.69, 9.17) is 4.74 Å². The van der Waals surface area contributed by atoms with Gasteiger partial charge in [-0.25, -0.2) is 4.98 Å². The van der Waals surface area contributed by atoms with Crippen molar-refractivity contribution in [2.24, 2.45) is 5.92 Å². The number of ketones is 1. The number of fused-ring (bicyclic) bond motifs is 1. The quantitative estimate of drug-likeness (QED) is 0.362. The van der Waals surface area contributed by atoms with Gasteiger partial charge in [-0.15, -0.1) is 0 Å². The number of aliphatic hydroxyl groups is 1. The molecular formula is C31H32N2O3. The normalized spacial score (nSPS) is 15.7. The molecule has 3 aromatic carbocycles. The number of carbonyl (C=O) groups excluding carboxylic acids is 1. The number of hydrogen-bond acceptors (Lipinski definition) is 5. The highest BCUT2D eigenvalue weighted by atomic mass is 16.5. The number of β-amino-alcohol motifs (C(OH)–C–C–N with tert-alkyl or cyclic N) is 1. The number of likely N-dealkylation sites (tertiary alicyclic amines) is 1. The Hall–Kier alpha value is -3.54. The summed E-state index contributed by atoms with van der Waals surface area (Å²) < 4.78 is 5.76. The smallest absolute Gasteiger partial charge is 0.213 e. The number of rotatable bonds is 9. The fourth-order valence-electron chi connectivity index (χ4n) is 5.11. The van der Waals surface area contributed by atoms with Crippen LogP contribution in [0.15, 0.2) is 97.1 Å². The van der Waals surface area contributed by atoms with Crippen molar-refractivity contribution in [1.82, 2.24) is 9.88 Å². The molecular weight excluding hydrogens is 448 g/mol. The second kappa shape index (κ2) is 11.5. The Bertz CT molecular complexity index is 1230. The Balaban J connectivity index is 1.15. The van der Waals surface area contributed by atoms with Crippen LogP contribution in [0.25, 0.3) is 10.9 Å². The Morgan fingerprint density at radius 2 is 1.47 bits per heavy atom. The van der Waals surface area contributed by atoms with E-state index in [0.29, 0.717) is 18.2 Å². The van der Waals surface area contributed by atoms with Crippen LogP contribution in [-0.2, 0) is 4.79 Å². The molecule has 5 heteroatoms. The van der Waals surface area contributed by atoms with Crippen LogP contribution in [0, 0.1) is 5.92 Å². The predicted molar refractivity (Wildman–Crippen MR) is 142 cm³/mol. The number of carbonyl (C=O) groups is 1. The number of aliphatic hydroxyl groups excluding tert-OH is 1. The van der Waals surface area contributed by atoms with Gasteiger partial charge in [-0.2, -0.15) is 0 Å². The third-order valence-electron chi connectivity index (χ3n) is 7.01. The minimum Gasteiger partial charge on any atom is -0.475 e. The van der Waals surface area contributed by atoms with Gasteiger partial charge in [-0.3, -0.25) is 4.79 Å². The van der Waals surface area contributed by atoms with Crippen molar-refractivity contribution in [2.75, 3.05) is 26.2 Å². The van der Waals surface area contributed by atoms with E-state index in [1.807, 2.05) is 97.1 Å². The number of pyridine rings is 1. The van der Waals surface area contributed by atoms with Gasteiger partial charge >= 0.3 is 0 Å². The van der Waals surface area contributed by atoms with Gasteiger partial charge in [0, 0.05) is 23.9 Å². The molecule has 0 radical (unpaired) electrons. The lowest BCUT2D eigenvalue weighted by Gasteiger charge is -2.34. The summed E-state index contributed by atoms with van der Waals surface area (Å²) in [5, 5.41) is 11.6. The summed E-state index contributed by atoms with van der Waals surface area (Å²) in [5.74, 6) is 0.586. The third-order valence-corrected chi connectivity index (χ3v) is 7.01. The first-order valence-corrected chi connectivity index (χ1v) is 12.7. The number of para-hydroxylation sites is 1. The van der Waals surface area contributed by atoms with E-state index in [-0.39, 0.29) is 18.4 Å². The molecule has 36 heavy (non-hydrogen) atoms. The zero-order chi connectivity index (χ0) is 24.7. The van der Waals surface area contributed by atoms with Gasteiger partial charge in [-0.05, 0) is 49.2 Å². The molecule has 1 atom stereocenters. The second-order valence-electron chi connectivity index (χ2n) is 9.54. The first-order valence-electron chi connectivity index (χ1n) is 12.7. The zero-order valence-electron chi connectivity index (χ0n) is 20.4. The fraction of sp³-hybridized carbons (Fsp3) is 0.290. The molecule has 184 valence electrons. The average molecular weight is 481 g/mol. The van der Waals surface area contributed by atoms with E-state index in [1.54, 1.807) is 0 Å². The molecule has 2 heterocycles. The van der Waals surface area contributed by atoms with Crippen LogP contribution < -0.4 is 4.74 Å². The Morgan fingerprint density at radius 3 is 2.14 bits per heavy atom. The minimum atomic E-state index is -0.619. The first-order chi connectivity index (χ1) is 17.7. The summed E-state index contributed by atoms with van der Waals surface area (Å²) >= 11 is 0. The van der Waals surface area contributed by atoms with Gasteiger partial charge in [0.05, 0.1) is 11.4 Å². The number of hydrogen-bond donors (Lipinski definition) is 1. The van der Waals surface area contributed by atoms with Gasteiger partial charge in [-0.1, -0.05) is 78.9 Å². The summed E-state index contributed by atoms with van der Waals surface area (Å²) in [6.45, 7) is 2.29. The molecule has 0 bridgehead atoms. The van der Waals surface area contributed by atoms with Crippen molar-refractivity contribution >= 4 is 16.7 Å². The number of ether oxygens (including phenoxy) is 1. The molecule has 1 fully saturated rings. The van der Waals surface area contributed by atoms with Crippen molar-refractivity contribution in [2.45, 2.75) is 24.9 Å². The standard InChI is InChI=1S/C31H32N2O3/c34-27(22-36-29-16-15-23-9-7-8-14-28(23)32-29)21-33-19-17-26(18-20-33)31(35)30(24-10-3-1-4-11-24)25-12-5-2-6-13-25/h1-16,26-27,30,34H,17-22H2. The molecule has 5 rings (SSSR count). The summed E-state index contributed by atoms with van der Waals surface area (Å²) in [6.07, 6.45) is 0.982. The monoisotopic (exact) mass is 480 g/mol. The second-order valence-corrected chi connectivity index (χ2v) is 9.54. The molecule has 1 aromatic heterocycles. The van der Waals surface area contributed by atoms with Crippen molar-refractivity contribution in [3.05, 3.63) is 108 Å². The van der Waals surface area contributed by atoms with Crippen LogP contribution in [-0.4, -0.2) is 53.1 Å². The summed E-state index contributed by atoms with van der Waals surface area (Å²) in [5.41, 5.74) is 2.97. The Labute approximate surface area is 212 Å². The molecule has 1 N–H and O–H groups in total. The topological polar surface area (TPSA) is 62.7 Å². The number of benzene rings is 3. The van der Waals surface area contributed by atoms with Gasteiger partial charge in [0.15, 0.2) is 0 Å². The Morgan fingerprint density at radius 1 is 0.861 bits per heavy atom. The summed E-state index contributed by atoms with van der Waals surface area (Å²) in [7, 11) is 0. The van der Waals surface area contributed by atoms with Gasteiger partial charge < -0.3 is 14.7 Å². The van der Waals surface area contributed by atoms with Crippen molar-refractivity contribution < 1.29 is 14.6 Å². The molecule has 1 saturated heterocycles. The first kappa shape index (κ1) is 24.2. The number of aromatic nitrogens is 1. The lowest BCUT2D eigenvalue weighted by Crippen LogP contribution is -2.42. The highest BCUT2D eigenvalue weighted by molar-refractivity contribution is 5.91. The summed E-state index contributed by atoms with van der Waals surface area (Å²) in [4.78, 5) is 20.4. The van der Waals surface area contributed by atoms with E-state index in [9.17, 15) is 9.90 Å². The van der Waals surface area contributed by atoms with Crippen LogP contribution in [0.5, 0.6) is 5.88 Å². The highest BCUT2D eigenvalue weighted by Crippen LogP contribution is 2.32. The molecule has 0 aliphatic carbocycles. The van der Waals surface area contributed by atoms with E-state index >= 15 is 0 Å². The van der Waals surface area contributed by atoms with E-state index in [2.05, 4.69) is 9.88 Å². The molecule has 5 nitrogen and oxygen atoms in total. The van der Waals surface area contributed by atoms with Crippen LogP contribution in [0.4, 0.5) is 0 Å². The molecule has 1 aliphatic heterocycles. The van der Waals surface area contributed by atoms with Gasteiger partial charge in [0.2, 0.25) is 5.88 Å². The molecule has 0 spiro atoms. The van der Waals surface area contributed by atoms with Crippen LogP contribution in [0.3, 0.4) is 0 Å². The SMILES string of the molecule is O=C(C1CCN(CC(O)COc2ccc3ccccc3n2)CC1)C(c1ccccc1)c1ccccc1. The average Bonchev–Trinajstić information content (AvgIpc) is 2.93. The maximum Gasteiger partial charge on any atom is 0.213 e. The van der Waals surface area contributed by atoms with E-state index in [1.165, 1.54) is 0 Å². The lowest BCUT2D eigenvalue weighted by atomic mass is 9.79. The molecule has 0 amide bonds. The van der Waals surface area contributed by atoms with E-state index < -0.39 is 6.10 Å². The number of nitrogens with zero attached hydrogens (tertiary/aromatic N) is 2. The maximum absolute atomic E-state index is 13.7. The van der Waals surface area contributed by atoms with Crippen molar-refractivity contribution in [3.8, 4) is 5.88 Å². The molecule has 1 aliphatic rings. The largest absolute Gasteiger partial charge is 0.475 e. The molecule has 1 unspecified atom stereocenters. The Kier molecular flexibility index (Phi) is 7.70. The maximum atomic E-state index is 13.7. The number of Topliss-reactive ketones (excluding diaryl/α,β-unsaturated/α-hetero) is 1. The van der Waals surface area contributed by atoms with Crippen LogP contribution >= 0.6 is 0 Å². The van der Waals surface area contributed by atoms with Crippen LogP contribution in [0.2, 0.25) is 0 Å². The van der Waals surface area contributed by atoms with Gasteiger partial charge in [0.1, 0.15) is 18.5 Å². The predicted octanol–water partition coefficient (Wildman–Crippen LogP) is 5.09. The van der Waals surface area contributed by atoms with Gasteiger partial charge in [0.25, 0.3) is 0 Å². The van der Waals surface area contributed by atoms with Crippen molar-refractivity contribution in [3.63, 3.8) is 0 Å². The van der Waals surface area contributed by atoms with Crippen molar-refractivity contribution in [1.29, 1.82) is 0 Å². The van der Waals surface area contributed by atoms with Crippen LogP contribution in [0.1, 0.15) is 29.9 Å². The molecule has 0 saturated carbocycles. The lowest BCUT2D eigenvalue weighted by molar-refractivity contribution is -0.125. The zero-order valence-corrected chi connectivity index (χ0v) is 20.4.